The van der Waals surface area contributed by atoms with Crippen LogP contribution in [0, 0.1) is 5.82 Å². The van der Waals surface area contributed by atoms with Gasteiger partial charge in [0.15, 0.2) is 11.5 Å². The number of halogens is 1. The molecular formula is C23H20FN3O5S. The third kappa shape index (κ3) is 6.13. The van der Waals surface area contributed by atoms with E-state index < -0.39 is 0 Å². The second kappa shape index (κ2) is 10.7. The molecule has 1 aliphatic heterocycles. The van der Waals surface area contributed by atoms with Crippen molar-refractivity contribution in [1.82, 2.24) is 10.3 Å². The van der Waals surface area contributed by atoms with Crippen molar-refractivity contribution >= 4 is 29.3 Å². The lowest BCUT2D eigenvalue weighted by Gasteiger charge is -2.10. The Balaban J connectivity index is 1.26. The van der Waals surface area contributed by atoms with Gasteiger partial charge in [0.2, 0.25) is 12.7 Å². The van der Waals surface area contributed by atoms with E-state index in [-0.39, 0.29) is 43.3 Å². The number of ether oxygens (including phenoxy) is 3. The van der Waals surface area contributed by atoms with E-state index >= 15 is 0 Å². The number of pyridine rings is 1. The first kappa shape index (κ1) is 22.4. The predicted octanol–water partition coefficient (Wildman–Crippen LogP) is 3.49. The summed E-state index contributed by atoms with van der Waals surface area (Å²) in [5.74, 6) is 0.869. The van der Waals surface area contributed by atoms with E-state index in [4.69, 9.17) is 14.2 Å². The van der Waals surface area contributed by atoms with E-state index in [1.54, 1.807) is 36.5 Å². The van der Waals surface area contributed by atoms with Gasteiger partial charge >= 0.3 is 0 Å². The topological polar surface area (TPSA) is 98.8 Å². The smallest absolute Gasteiger partial charge is 0.254 e. The minimum absolute atomic E-state index is 0.0689. The number of amides is 2. The molecule has 170 valence electrons. The Morgan fingerprint density at radius 3 is 2.76 bits per heavy atom. The average Bonchev–Trinajstić information content (AvgIpc) is 3.30. The van der Waals surface area contributed by atoms with Crippen molar-refractivity contribution in [2.45, 2.75) is 5.03 Å². The fourth-order valence-electron chi connectivity index (χ4n) is 2.94. The number of benzene rings is 2. The van der Waals surface area contributed by atoms with E-state index in [2.05, 4.69) is 15.6 Å². The van der Waals surface area contributed by atoms with E-state index in [9.17, 15) is 14.0 Å². The molecule has 3 aromatic rings. The average molecular weight is 469 g/mol. The van der Waals surface area contributed by atoms with Crippen LogP contribution < -0.4 is 24.8 Å². The minimum Gasteiger partial charge on any atom is -0.492 e. The zero-order valence-corrected chi connectivity index (χ0v) is 18.2. The van der Waals surface area contributed by atoms with Crippen LogP contribution >= 0.6 is 11.8 Å². The molecule has 1 aliphatic rings. The molecule has 2 aromatic carbocycles. The van der Waals surface area contributed by atoms with Gasteiger partial charge in [0.05, 0.1) is 17.9 Å². The molecule has 0 spiro atoms. The number of thioether (sulfide) groups is 1. The molecule has 0 saturated heterocycles. The van der Waals surface area contributed by atoms with E-state index in [1.807, 2.05) is 0 Å². The van der Waals surface area contributed by atoms with Crippen LogP contribution in [0.15, 0.2) is 65.8 Å². The van der Waals surface area contributed by atoms with Gasteiger partial charge in [-0.25, -0.2) is 9.37 Å². The molecule has 0 radical (unpaired) electrons. The minimum atomic E-state index is -0.346. The van der Waals surface area contributed by atoms with Crippen molar-refractivity contribution in [3.05, 3.63) is 72.2 Å². The standard InChI is InChI=1S/C23H20FN3O5S/c24-15-3-6-17(7-4-15)30-11-10-25-22(29)18-2-1-9-26-23(18)33-13-21(28)27-16-5-8-19-20(12-16)32-14-31-19/h1-9,12H,10-11,13-14H2,(H,25,29)(H,27,28). The fraction of sp³-hybridized carbons (Fsp3) is 0.174. The normalized spacial score (nSPS) is 11.7. The van der Waals surface area contributed by atoms with Gasteiger partial charge in [-0.2, -0.15) is 0 Å². The number of fused-ring (bicyclic) bond motifs is 1. The Labute approximate surface area is 193 Å². The summed E-state index contributed by atoms with van der Waals surface area (Å²) in [6, 6.07) is 14.1. The van der Waals surface area contributed by atoms with Gasteiger partial charge in [0.25, 0.3) is 5.91 Å². The molecular weight excluding hydrogens is 449 g/mol. The lowest BCUT2D eigenvalue weighted by molar-refractivity contribution is -0.113. The number of aromatic nitrogens is 1. The summed E-state index contributed by atoms with van der Waals surface area (Å²) < 4.78 is 28.9. The van der Waals surface area contributed by atoms with Gasteiger partial charge in [-0.1, -0.05) is 11.8 Å². The Bertz CT molecular complexity index is 1140. The maximum atomic E-state index is 12.9. The van der Waals surface area contributed by atoms with Crippen LogP contribution in [-0.4, -0.2) is 42.5 Å². The summed E-state index contributed by atoms with van der Waals surface area (Å²) in [5.41, 5.74) is 0.949. The largest absolute Gasteiger partial charge is 0.492 e. The molecule has 1 aromatic heterocycles. The number of carbonyl (C=O) groups excluding carboxylic acids is 2. The van der Waals surface area contributed by atoms with Crippen molar-refractivity contribution in [2.24, 2.45) is 0 Å². The Morgan fingerprint density at radius 1 is 1.09 bits per heavy atom. The molecule has 2 amide bonds. The SMILES string of the molecule is O=C(CSc1ncccc1C(=O)NCCOc1ccc(F)cc1)Nc1ccc2c(c1)OCO2. The third-order valence-electron chi connectivity index (χ3n) is 4.48. The van der Waals surface area contributed by atoms with E-state index in [0.717, 1.165) is 11.8 Å². The predicted molar refractivity (Wildman–Crippen MR) is 120 cm³/mol. The molecule has 33 heavy (non-hydrogen) atoms. The number of nitrogens with zero attached hydrogens (tertiary/aromatic N) is 1. The first-order valence-corrected chi connectivity index (χ1v) is 11.0. The highest BCUT2D eigenvalue weighted by Gasteiger charge is 2.16. The zero-order valence-electron chi connectivity index (χ0n) is 17.4. The second-order valence-electron chi connectivity index (χ2n) is 6.82. The molecule has 2 heterocycles. The van der Waals surface area contributed by atoms with Crippen LogP contribution in [0.2, 0.25) is 0 Å². The van der Waals surface area contributed by atoms with Crippen LogP contribution in [0.5, 0.6) is 17.2 Å². The quantitative estimate of drug-likeness (QED) is 0.366. The van der Waals surface area contributed by atoms with Crippen molar-refractivity contribution in [3.8, 4) is 17.2 Å². The molecule has 0 unspecified atom stereocenters. The van der Waals surface area contributed by atoms with Crippen molar-refractivity contribution < 1.29 is 28.2 Å². The number of carbonyl (C=O) groups is 2. The van der Waals surface area contributed by atoms with E-state index in [1.165, 1.54) is 24.3 Å². The lowest BCUT2D eigenvalue weighted by atomic mass is 10.2. The van der Waals surface area contributed by atoms with Crippen LogP contribution in [-0.2, 0) is 4.79 Å². The highest BCUT2D eigenvalue weighted by Crippen LogP contribution is 2.34. The Morgan fingerprint density at radius 2 is 1.91 bits per heavy atom. The highest BCUT2D eigenvalue weighted by atomic mass is 32.2. The molecule has 0 fully saturated rings. The molecule has 2 N–H and O–H groups in total. The van der Waals surface area contributed by atoms with Gasteiger partial charge < -0.3 is 24.8 Å². The van der Waals surface area contributed by atoms with Crippen LogP contribution in [0.25, 0.3) is 0 Å². The maximum absolute atomic E-state index is 12.9. The van der Waals surface area contributed by atoms with Gasteiger partial charge in [-0.15, -0.1) is 0 Å². The van der Waals surface area contributed by atoms with Gasteiger partial charge in [-0.05, 0) is 48.5 Å². The first-order chi connectivity index (χ1) is 16.1. The summed E-state index contributed by atoms with van der Waals surface area (Å²) in [5, 5.41) is 5.98. The molecule has 0 bridgehead atoms. The summed E-state index contributed by atoms with van der Waals surface area (Å²) in [4.78, 5) is 29.2. The van der Waals surface area contributed by atoms with E-state index in [0.29, 0.717) is 33.5 Å². The van der Waals surface area contributed by atoms with Gasteiger partial charge in [0.1, 0.15) is 23.2 Å². The number of anilines is 1. The Kier molecular flexibility index (Phi) is 7.26. The monoisotopic (exact) mass is 469 g/mol. The summed E-state index contributed by atoms with van der Waals surface area (Å²) in [6.45, 7) is 0.628. The lowest BCUT2D eigenvalue weighted by Crippen LogP contribution is -2.28. The van der Waals surface area contributed by atoms with Crippen LogP contribution in [0.1, 0.15) is 10.4 Å². The number of hydrogen-bond donors (Lipinski definition) is 2. The molecule has 0 saturated carbocycles. The number of nitrogens with one attached hydrogen (secondary N) is 2. The van der Waals surface area contributed by atoms with Crippen molar-refractivity contribution in [2.75, 3.05) is 31.0 Å². The highest BCUT2D eigenvalue weighted by molar-refractivity contribution is 8.00. The molecule has 4 rings (SSSR count). The van der Waals surface area contributed by atoms with Gasteiger partial charge in [0, 0.05) is 18.0 Å². The molecule has 8 nitrogen and oxygen atoms in total. The number of rotatable bonds is 9. The summed E-state index contributed by atoms with van der Waals surface area (Å²) in [7, 11) is 0. The van der Waals surface area contributed by atoms with Crippen molar-refractivity contribution in [1.29, 1.82) is 0 Å². The van der Waals surface area contributed by atoms with Crippen LogP contribution in [0.3, 0.4) is 0 Å². The van der Waals surface area contributed by atoms with Crippen molar-refractivity contribution in [3.63, 3.8) is 0 Å². The molecule has 0 atom stereocenters. The summed E-state index contributed by atoms with van der Waals surface area (Å²) >= 11 is 1.16. The summed E-state index contributed by atoms with van der Waals surface area (Å²) in [6.07, 6.45) is 1.56. The maximum Gasteiger partial charge on any atom is 0.254 e. The number of hydrogen-bond acceptors (Lipinski definition) is 7. The van der Waals surface area contributed by atoms with Crippen LogP contribution in [0.4, 0.5) is 10.1 Å². The molecule has 0 aliphatic carbocycles. The Hall–Kier alpha value is -3.79. The zero-order chi connectivity index (χ0) is 23.0. The third-order valence-corrected chi connectivity index (χ3v) is 5.49. The molecule has 10 heteroatoms. The second-order valence-corrected chi connectivity index (χ2v) is 7.78. The van der Waals surface area contributed by atoms with Gasteiger partial charge in [-0.3, -0.25) is 9.59 Å². The fourth-order valence-corrected chi connectivity index (χ4v) is 3.74. The first-order valence-electron chi connectivity index (χ1n) is 10.0.